The van der Waals surface area contributed by atoms with E-state index < -0.39 is 18.0 Å². The van der Waals surface area contributed by atoms with Crippen molar-refractivity contribution in [1.82, 2.24) is 20.3 Å². The third-order valence-electron chi connectivity index (χ3n) is 3.80. The maximum absolute atomic E-state index is 12.9. The molecule has 1 aliphatic rings. The van der Waals surface area contributed by atoms with Gasteiger partial charge in [-0.15, -0.1) is 0 Å². The first-order valence-electron chi connectivity index (χ1n) is 7.38. The van der Waals surface area contributed by atoms with Gasteiger partial charge in [0.05, 0.1) is 11.9 Å². The zero-order chi connectivity index (χ0) is 17.1. The Morgan fingerprint density at radius 1 is 1.42 bits per heavy atom. The van der Waals surface area contributed by atoms with Gasteiger partial charge in [-0.2, -0.15) is 0 Å². The summed E-state index contributed by atoms with van der Waals surface area (Å²) in [6.45, 7) is 1.06. The number of aromatic nitrogens is 3. The third-order valence-corrected chi connectivity index (χ3v) is 3.80. The van der Waals surface area contributed by atoms with Crippen molar-refractivity contribution in [3.63, 3.8) is 0 Å². The van der Waals surface area contributed by atoms with Gasteiger partial charge in [0.15, 0.2) is 0 Å². The summed E-state index contributed by atoms with van der Waals surface area (Å²) in [7, 11) is 0. The molecule has 1 atom stereocenters. The number of halogens is 2. The van der Waals surface area contributed by atoms with E-state index in [2.05, 4.69) is 20.3 Å². The number of rotatable bonds is 4. The highest BCUT2D eigenvalue weighted by Gasteiger charge is 2.27. The molecule has 0 aliphatic carbocycles. The zero-order valence-corrected chi connectivity index (χ0v) is 12.6. The Morgan fingerprint density at radius 3 is 3.00 bits per heavy atom. The van der Waals surface area contributed by atoms with Gasteiger partial charge in [-0.1, -0.05) is 0 Å². The van der Waals surface area contributed by atoms with Gasteiger partial charge in [0.2, 0.25) is 0 Å². The van der Waals surface area contributed by atoms with E-state index in [1.54, 1.807) is 0 Å². The molecule has 1 fully saturated rings. The molecule has 1 saturated heterocycles. The van der Waals surface area contributed by atoms with Crippen LogP contribution in [0.5, 0.6) is 0 Å². The normalized spacial score (nSPS) is 17.3. The quantitative estimate of drug-likeness (QED) is 0.873. The van der Waals surface area contributed by atoms with Crippen LogP contribution in [0.3, 0.4) is 0 Å². The molecule has 3 heterocycles. The Labute approximate surface area is 135 Å². The highest BCUT2D eigenvalue weighted by atomic mass is 19.3. The van der Waals surface area contributed by atoms with E-state index >= 15 is 0 Å². The van der Waals surface area contributed by atoms with Gasteiger partial charge < -0.3 is 15.2 Å². The molecule has 0 saturated carbocycles. The third kappa shape index (κ3) is 3.39. The van der Waals surface area contributed by atoms with Crippen LogP contribution < -0.4 is 15.8 Å². The van der Waals surface area contributed by atoms with Crippen LogP contribution in [0.25, 0.3) is 0 Å². The molecule has 9 heteroatoms. The van der Waals surface area contributed by atoms with Crippen molar-refractivity contribution in [3.8, 4) is 0 Å². The number of carbonyl (C=O) groups is 1. The first kappa shape index (κ1) is 16.0. The Bertz CT molecular complexity index is 795. The van der Waals surface area contributed by atoms with Crippen molar-refractivity contribution < 1.29 is 13.6 Å². The van der Waals surface area contributed by atoms with Gasteiger partial charge in [0.1, 0.15) is 11.5 Å². The van der Waals surface area contributed by atoms with Crippen LogP contribution in [0.2, 0.25) is 0 Å². The van der Waals surface area contributed by atoms with Crippen LogP contribution in [0.1, 0.15) is 28.9 Å². The summed E-state index contributed by atoms with van der Waals surface area (Å²) in [6.07, 6.45) is 0.361. The number of carbonyl (C=O) groups excluding carboxylic acids is 1. The van der Waals surface area contributed by atoms with Crippen molar-refractivity contribution in [3.05, 3.63) is 52.3 Å². The van der Waals surface area contributed by atoms with Crippen LogP contribution in [-0.4, -0.2) is 40.0 Å². The summed E-state index contributed by atoms with van der Waals surface area (Å²) in [4.78, 5) is 35.5. The lowest BCUT2D eigenvalue weighted by atomic mass is 10.1. The first-order valence-corrected chi connectivity index (χ1v) is 7.38. The lowest BCUT2D eigenvalue weighted by molar-refractivity contribution is 0.0924. The van der Waals surface area contributed by atoms with Gasteiger partial charge in [-0.3, -0.25) is 14.6 Å². The minimum Gasteiger partial charge on any atom is -0.354 e. The molecule has 1 unspecified atom stereocenters. The van der Waals surface area contributed by atoms with Crippen LogP contribution in [-0.2, 0) is 0 Å². The minimum atomic E-state index is -2.81. The number of pyridine rings is 1. The molecule has 1 aliphatic heterocycles. The monoisotopic (exact) mass is 335 g/mol. The maximum atomic E-state index is 12.9. The molecule has 0 spiro atoms. The fourth-order valence-corrected chi connectivity index (χ4v) is 2.66. The summed E-state index contributed by atoms with van der Waals surface area (Å²) in [5, 5.41) is 2.74. The number of aromatic amines is 1. The second-order valence-corrected chi connectivity index (χ2v) is 5.41. The van der Waals surface area contributed by atoms with Crippen molar-refractivity contribution in [2.75, 3.05) is 18.0 Å². The molecule has 2 aromatic rings. The van der Waals surface area contributed by atoms with Crippen molar-refractivity contribution in [2.24, 2.45) is 0 Å². The van der Waals surface area contributed by atoms with Crippen LogP contribution >= 0.6 is 0 Å². The van der Waals surface area contributed by atoms with E-state index in [0.717, 1.165) is 0 Å². The predicted octanol–water partition coefficient (Wildman–Crippen LogP) is 1.11. The Morgan fingerprint density at radius 2 is 2.25 bits per heavy atom. The molecule has 1 amide bonds. The molecule has 0 aromatic carbocycles. The topological polar surface area (TPSA) is 91.0 Å². The lowest BCUT2D eigenvalue weighted by Crippen LogP contribution is -2.37. The van der Waals surface area contributed by atoms with Crippen molar-refractivity contribution in [2.45, 2.75) is 18.9 Å². The number of hydrogen-bond acceptors (Lipinski definition) is 5. The van der Waals surface area contributed by atoms with Gasteiger partial charge in [-0.25, -0.2) is 13.8 Å². The Balaban J connectivity index is 1.68. The number of amides is 1. The first-order chi connectivity index (χ1) is 11.5. The van der Waals surface area contributed by atoms with Crippen LogP contribution in [0.15, 0.2) is 35.5 Å². The lowest BCUT2D eigenvalue weighted by Gasteiger charge is -2.17. The van der Waals surface area contributed by atoms with E-state index in [-0.39, 0.29) is 17.2 Å². The maximum Gasteiger partial charge on any atom is 0.281 e. The average molecular weight is 335 g/mol. The zero-order valence-electron chi connectivity index (χ0n) is 12.6. The smallest absolute Gasteiger partial charge is 0.281 e. The second kappa shape index (κ2) is 6.73. The molecular weight excluding hydrogens is 320 g/mol. The van der Waals surface area contributed by atoms with E-state index in [0.29, 0.717) is 25.3 Å². The molecule has 7 nitrogen and oxygen atoms in total. The number of nitrogens with zero attached hydrogens (tertiary/aromatic N) is 3. The molecule has 0 bridgehead atoms. The number of hydrogen-bond donors (Lipinski definition) is 2. The molecule has 126 valence electrons. The summed E-state index contributed by atoms with van der Waals surface area (Å²) in [5.41, 5.74) is -0.911. The molecule has 24 heavy (non-hydrogen) atoms. The summed E-state index contributed by atoms with van der Waals surface area (Å²) < 4.78 is 25.9. The summed E-state index contributed by atoms with van der Waals surface area (Å²) >= 11 is 0. The SMILES string of the molecule is O=C(NC1CCN(c2cc(=O)[nH]cn2)C1)c1cccnc1C(F)F. The molecule has 2 aromatic heterocycles. The van der Waals surface area contributed by atoms with Gasteiger partial charge in [0, 0.05) is 31.4 Å². The molecule has 2 N–H and O–H groups in total. The van der Waals surface area contributed by atoms with Crippen molar-refractivity contribution in [1.29, 1.82) is 0 Å². The highest BCUT2D eigenvalue weighted by Crippen LogP contribution is 2.21. The standard InChI is InChI=1S/C15H15F2N5O2/c16-14(17)13-10(2-1-4-18-13)15(24)21-9-3-5-22(7-9)11-6-12(23)20-8-19-11/h1-2,4,6,8-9,14H,3,5,7H2,(H,21,24)(H,19,20,23). The molecule has 0 radical (unpaired) electrons. The van der Waals surface area contributed by atoms with Gasteiger partial charge in [-0.05, 0) is 18.6 Å². The van der Waals surface area contributed by atoms with Crippen LogP contribution in [0, 0.1) is 0 Å². The van der Waals surface area contributed by atoms with E-state index in [9.17, 15) is 18.4 Å². The van der Waals surface area contributed by atoms with Crippen LogP contribution in [0.4, 0.5) is 14.6 Å². The summed E-state index contributed by atoms with van der Waals surface area (Å²) in [5.74, 6) is -0.0609. The Kier molecular flexibility index (Phi) is 4.50. The van der Waals surface area contributed by atoms with E-state index in [4.69, 9.17) is 0 Å². The number of nitrogens with one attached hydrogen (secondary N) is 2. The summed E-state index contributed by atoms with van der Waals surface area (Å²) in [6, 6.07) is 3.93. The highest BCUT2D eigenvalue weighted by molar-refractivity contribution is 5.95. The van der Waals surface area contributed by atoms with Gasteiger partial charge >= 0.3 is 0 Å². The minimum absolute atomic E-state index is 0.125. The average Bonchev–Trinajstić information content (AvgIpc) is 3.03. The number of H-pyrrole nitrogens is 1. The Hall–Kier alpha value is -2.84. The fraction of sp³-hybridized carbons (Fsp3) is 0.333. The van der Waals surface area contributed by atoms with E-state index in [1.807, 2.05) is 4.90 Å². The van der Waals surface area contributed by atoms with Gasteiger partial charge in [0.25, 0.3) is 17.9 Å². The van der Waals surface area contributed by atoms with E-state index in [1.165, 1.54) is 30.7 Å². The molecule has 3 rings (SSSR count). The largest absolute Gasteiger partial charge is 0.354 e. The second-order valence-electron chi connectivity index (χ2n) is 5.41. The number of alkyl halides is 2. The molecular formula is C15H15F2N5O2. The fourth-order valence-electron chi connectivity index (χ4n) is 2.66. The predicted molar refractivity (Wildman–Crippen MR) is 82.1 cm³/mol. The van der Waals surface area contributed by atoms with Crippen molar-refractivity contribution >= 4 is 11.7 Å². The number of anilines is 1.